The van der Waals surface area contributed by atoms with Gasteiger partial charge in [0, 0.05) is 29.8 Å². The van der Waals surface area contributed by atoms with Crippen LogP contribution in [0.15, 0.2) is 79.4 Å². The molecule has 0 saturated carbocycles. The van der Waals surface area contributed by atoms with Gasteiger partial charge in [-0.3, -0.25) is 4.98 Å². The van der Waals surface area contributed by atoms with Gasteiger partial charge >= 0.3 is 12.4 Å². The van der Waals surface area contributed by atoms with E-state index in [1.165, 1.54) is 59.6 Å². The Morgan fingerprint density at radius 3 is 2.12 bits per heavy atom. The average molecular weight is 553 g/mol. The van der Waals surface area contributed by atoms with Crippen LogP contribution in [0, 0.1) is 11.3 Å². The van der Waals surface area contributed by atoms with Crippen LogP contribution in [0.25, 0.3) is 22.0 Å². The minimum absolute atomic E-state index is 0.00678. The maximum Gasteiger partial charge on any atom is 0.434 e. The van der Waals surface area contributed by atoms with E-state index in [2.05, 4.69) is 15.0 Å². The third-order valence-corrected chi connectivity index (χ3v) is 6.50. The second-order valence-corrected chi connectivity index (χ2v) is 8.95. The lowest BCUT2D eigenvalue weighted by atomic mass is 9.83. The Kier molecular flexibility index (Phi) is 6.35. The van der Waals surface area contributed by atoms with Gasteiger partial charge in [0.05, 0.1) is 29.3 Å². The van der Waals surface area contributed by atoms with Crippen LogP contribution in [-0.4, -0.2) is 24.6 Å². The quantitative estimate of drug-likeness (QED) is 0.267. The molecule has 3 aromatic heterocycles. The standard InChI is InChI=1S/C28H17F6N5O/c1-39-15-36-14-23(39)26(40,18-8-10-22(37-13-18)27(29,30)31)17-7-9-21-19(11-17)20(12-35)24(16-5-3-2-4-6-16)25(38-21)28(32,33)34/h2-11,13-15,40H,1H3. The first kappa shape index (κ1) is 26.8. The summed E-state index contributed by atoms with van der Waals surface area (Å²) in [6.07, 6.45) is -6.07. The molecule has 1 atom stereocenters. The van der Waals surface area contributed by atoms with Crippen molar-refractivity contribution in [2.75, 3.05) is 0 Å². The lowest BCUT2D eigenvalue weighted by molar-refractivity contribution is -0.141. The highest BCUT2D eigenvalue weighted by atomic mass is 19.4. The number of nitrogens with zero attached hydrogens (tertiary/aromatic N) is 5. The molecule has 0 fully saturated rings. The maximum atomic E-state index is 14.1. The Morgan fingerprint density at radius 2 is 1.57 bits per heavy atom. The van der Waals surface area contributed by atoms with Crippen molar-refractivity contribution in [2.24, 2.45) is 7.05 Å². The summed E-state index contributed by atoms with van der Waals surface area (Å²) in [6, 6.07) is 14.9. The van der Waals surface area contributed by atoms with E-state index < -0.39 is 34.9 Å². The van der Waals surface area contributed by atoms with E-state index in [1.807, 2.05) is 6.07 Å². The second-order valence-electron chi connectivity index (χ2n) is 8.95. The molecule has 3 heterocycles. The Morgan fingerprint density at radius 1 is 0.875 bits per heavy atom. The fourth-order valence-corrected chi connectivity index (χ4v) is 4.64. The third-order valence-electron chi connectivity index (χ3n) is 6.50. The number of hydrogen-bond acceptors (Lipinski definition) is 5. The summed E-state index contributed by atoms with van der Waals surface area (Å²) in [4.78, 5) is 11.3. The molecular weight excluding hydrogens is 536 g/mol. The number of pyridine rings is 2. The number of aromatic nitrogens is 4. The van der Waals surface area contributed by atoms with Crippen LogP contribution in [0.2, 0.25) is 0 Å². The first-order chi connectivity index (χ1) is 18.9. The topological polar surface area (TPSA) is 87.6 Å². The molecule has 12 heteroatoms. The molecule has 202 valence electrons. The molecular formula is C28H17F6N5O. The Labute approximate surface area is 222 Å². The largest absolute Gasteiger partial charge is 0.434 e. The Bertz CT molecular complexity index is 1760. The number of rotatable bonds is 4. The molecule has 2 aromatic carbocycles. The van der Waals surface area contributed by atoms with Crippen molar-refractivity contribution in [2.45, 2.75) is 18.0 Å². The summed E-state index contributed by atoms with van der Waals surface area (Å²) in [7, 11) is 1.55. The van der Waals surface area contributed by atoms with E-state index in [4.69, 9.17) is 0 Å². The van der Waals surface area contributed by atoms with E-state index in [0.717, 1.165) is 12.3 Å². The van der Waals surface area contributed by atoms with Crippen molar-refractivity contribution in [3.05, 3.63) is 113 Å². The first-order valence-electron chi connectivity index (χ1n) is 11.6. The zero-order valence-electron chi connectivity index (χ0n) is 20.5. The zero-order chi connectivity index (χ0) is 28.9. The van der Waals surface area contributed by atoms with Crippen LogP contribution >= 0.6 is 0 Å². The first-order valence-corrected chi connectivity index (χ1v) is 11.6. The van der Waals surface area contributed by atoms with Crippen LogP contribution < -0.4 is 0 Å². The number of benzene rings is 2. The lowest BCUT2D eigenvalue weighted by Gasteiger charge is -2.30. The maximum absolute atomic E-state index is 14.1. The molecule has 0 aliphatic rings. The van der Waals surface area contributed by atoms with Crippen molar-refractivity contribution in [1.29, 1.82) is 5.26 Å². The smallest absolute Gasteiger partial charge is 0.374 e. The number of nitriles is 1. The summed E-state index contributed by atoms with van der Waals surface area (Å²) in [6.45, 7) is 0. The van der Waals surface area contributed by atoms with Gasteiger partial charge in [-0.2, -0.15) is 31.6 Å². The van der Waals surface area contributed by atoms with Gasteiger partial charge in [-0.1, -0.05) is 42.5 Å². The molecule has 40 heavy (non-hydrogen) atoms. The van der Waals surface area contributed by atoms with E-state index in [1.54, 1.807) is 13.1 Å². The number of halogens is 6. The summed E-state index contributed by atoms with van der Waals surface area (Å²) in [5, 5.41) is 22.2. The Hall–Kier alpha value is -4.76. The number of imidazole rings is 1. The highest BCUT2D eigenvalue weighted by Gasteiger charge is 2.41. The van der Waals surface area contributed by atoms with Gasteiger partial charge in [-0.15, -0.1) is 0 Å². The summed E-state index contributed by atoms with van der Waals surface area (Å²) >= 11 is 0. The number of alkyl halides is 6. The van der Waals surface area contributed by atoms with E-state index in [-0.39, 0.29) is 38.9 Å². The molecule has 0 aliphatic heterocycles. The minimum atomic E-state index is -4.88. The molecule has 0 spiro atoms. The molecule has 6 nitrogen and oxygen atoms in total. The number of aliphatic hydroxyl groups is 1. The van der Waals surface area contributed by atoms with E-state index >= 15 is 0 Å². The molecule has 5 aromatic rings. The highest BCUT2D eigenvalue weighted by molar-refractivity contribution is 5.93. The van der Waals surface area contributed by atoms with Crippen molar-refractivity contribution in [3.8, 4) is 17.2 Å². The van der Waals surface area contributed by atoms with Crippen molar-refractivity contribution in [1.82, 2.24) is 19.5 Å². The molecule has 0 saturated heterocycles. The predicted octanol–water partition coefficient (Wildman–Crippen LogP) is 6.22. The molecule has 1 N–H and O–H groups in total. The zero-order valence-corrected chi connectivity index (χ0v) is 20.5. The predicted molar refractivity (Wildman–Crippen MR) is 131 cm³/mol. The van der Waals surface area contributed by atoms with Gasteiger partial charge < -0.3 is 9.67 Å². The fourth-order valence-electron chi connectivity index (χ4n) is 4.64. The summed E-state index contributed by atoms with van der Waals surface area (Å²) in [5.41, 5.74) is -5.27. The van der Waals surface area contributed by atoms with Crippen LogP contribution in [0.5, 0.6) is 0 Å². The molecule has 0 aliphatic carbocycles. The highest BCUT2D eigenvalue weighted by Crippen LogP contribution is 2.43. The van der Waals surface area contributed by atoms with Gasteiger partial charge in [-0.05, 0) is 29.3 Å². The van der Waals surface area contributed by atoms with Crippen LogP contribution in [0.4, 0.5) is 26.3 Å². The lowest BCUT2D eigenvalue weighted by Crippen LogP contribution is -2.31. The monoisotopic (exact) mass is 553 g/mol. The van der Waals surface area contributed by atoms with Gasteiger partial charge in [0.1, 0.15) is 11.8 Å². The molecule has 0 amide bonds. The molecule has 1 unspecified atom stereocenters. The van der Waals surface area contributed by atoms with Gasteiger partial charge in [-0.25, -0.2) is 9.97 Å². The molecule has 0 bridgehead atoms. The van der Waals surface area contributed by atoms with Crippen LogP contribution in [0.1, 0.15) is 33.8 Å². The SMILES string of the molecule is Cn1cncc1C(O)(c1ccc(C(F)(F)F)nc1)c1ccc2nc(C(F)(F)F)c(-c3ccccc3)c(C#N)c2c1. The normalized spacial score (nSPS) is 13.7. The average Bonchev–Trinajstić information content (AvgIpc) is 3.37. The minimum Gasteiger partial charge on any atom is -0.374 e. The number of aryl methyl sites for hydroxylation is 1. The van der Waals surface area contributed by atoms with E-state index in [9.17, 15) is 36.7 Å². The van der Waals surface area contributed by atoms with Crippen molar-refractivity contribution < 1.29 is 31.4 Å². The fraction of sp³-hybridized carbons (Fsp3) is 0.143. The Balaban J connectivity index is 1.82. The summed E-state index contributed by atoms with van der Waals surface area (Å²) in [5.74, 6) is 0. The summed E-state index contributed by atoms with van der Waals surface area (Å²) < 4.78 is 83.3. The van der Waals surface area contributed by atoms with Crippen LogP contribution in [-0.2, 0) is 25.0 Å². The van der Waals surface area contributed by atoms with Gasteiger partial charge in [0.15, 0.2) is 11.3 Å². The second kappa shape index (κ2) is 9.46. The van der Waals surface area contributed by atoms with Crippen molar-refractivity contribution >= 4 is 10.9 Å². The van der Waals surface area contributed by atoms with Gasteiger partial charge in [0.25, 0.3) is 0 Å². The van der Waals surface area contributed by atoms with E-state index in [0.29, 0.717) is 6.07 Å². The number of fused-ring (bicyclic) bond motifs is 1. The number of hydrogen-bond donors (Lipinski definition) is 1. The third kappa shape index (κ3) is 4.44. The molecule has 0 radical (unpaired) electrons. The van der Waals surface area contributed by atoms with Crippen molar-refractivity contribution in [3.63, 3.8) is 0 Å². The van der Waals surface area contributed by atoms with Crippen LogP contribution in [0.3, 0.4) is 0 Å². The molecule has 5 rings (SSSR count). The van der Waals surface area contributed by atoms with Gasteiger partial charge in [0.2, 0.25) is 0 Å².